The Morgan fingerprint density at radius 3 is 2.69 bits per heavy atom. The molecule has 1 aliphatic heterocycles. The average Bonchev–Trinajstić information content (AvgIpc) is 2.19. The third-order valence-electron chi connectivity index (χ3n) is 2.49. The molecule has 1 aliphatic rings. The third kappa shape index (κ3) is 3.83. The topological polar surface area (TPSA) is 23.5 Å². The molecule has 0 spiro atoms. The summed E-state index contributed by atoms with van der Waals surface area (Å²) < 4.78 is 12.0. The quantitative estimate of drug-likeness (QED) is 0.748. The van der Waals surface area contributed by atoms with Crippen molar-refractivity contribution in [1.29, 1.82) is 0 Å². The van der Waals surface area contributed by atoms with E-state index in [2.05, 4.69) is 4.90 Å². The summed E-state index contributed by atoms with van der Waals surface area (Å²) in [5.41, 5.74) is 0. The molecule has 0 aromatic heterocycles. The fraction of sp³-hybridized carbons (Fsp3) is 1.00. The second-order valence-electron chi connectivity index (χ2n) is 3.59. The minimum Gasteiger partial charge on any atom is -0.389 e. The second kappa shape index (κ2) is 5.83. The van der Waals surface area contributed by atoms with Gasteiger partial charge in [-0.15, -0.1) is 0 Å². The maximum Gasteiger partial charge on any atom is 0.117 e. The van der Waals surface area contributed by atoms with Crippen molar-refractivity contribution in [1.82, 2.24) is 4.90 Å². The summed E-state index contributed by atoms with van der Waals surface area (Å²) in [4.78, 5) is 2.09. The maximum atomic E-state index is 12.0. The summed E-state index contributed by atoms with van der Waals surface area (Å²) in [6.07, 6.45) is 1.53. The van der Waals surface area contributed by atoms with Crippen LogP contribution in [0.1, 0.15) is 12.8 Å². The first kappa shape index (κ1) is 11.3. The Kier molecular flexibility index (Phi) is 5.06. The van der Waals surface area contributed by atoms with Crippen molar-refractivity contribution in [3.8, 4) is 0 Å². The van der Waals surface area contributed by atoms with Crippen molar-refractivity contribution < 1.29 is 9.50 Å². The Balaban J connectivity index is 2.24. The van der Waals surface area contributed by atoms with Crippen LogP contribution >= 0.6 is 11.8 Å². The highest BCUT2D eigenvalue weighted by atomic mass is 32.2. The van der Waals surface area contributed by atoms with Crippen LogP contribution in [0.25, 0.3) is 0 Å². The fourth-order valence-corrected chi connectivity index (χ4v) is 2.74. The summed E-state index contributed by atoms with van der Waals surface area (Å²) >= 11 is 1.98. The first-order chi connectivity index (χ1) is 6.24. The zero-order chi connectivity index (χ0) is 9.68. The van der Waals surface area contributed by atoms with Gasteiger partial charge in [0, 0.05) is 12.6 Å². The van der Waals surface area contributed by atoms with Crippen LogP contribution in [0.5, 0.6) is 0 Å². The number of hydrogen-bond acceptors (Lipinski definition) is 3. The molecule has 4 heteroatoms. The molecule has 1 rings (SSSR count). The molecule has 78 valence electrons. The number of thioether (sulfide) groups is 1. The lowest BCUT2D eigenvalue weighted by Crippen LogP contribution is -2.40. The van der Waals surface area contributed by atoms with E-state index in [9.17, 15) is 4.39 Å². The van der Waals surface area contributed by atoms with Gasteiger partial charge in [-0.25, -0.2) is 4.39 Å². The molecule has 0 saturated carbocycles. The lowest BCUT2D eigenvalue weighted by Gasteiger charge is -2.31. The molecule has 1 saturated heterocycles. The summed E-state index contributed by atoms with van der Waals surface area (Å²) in [5.74, 6) is 2.39. The molecule has 0 bridgehead atoms. The van der Waals surface area contributed by atoms with E-state index in [-0.39, 0.29) is 0 Å². The molecular formula is C9H18FNOS. The van der Waals surface area contributed by atoms with E-state index >= 15 is 0 Å². The average molecular weight is 207 g/mol. The van der Waals surface area contributed by atoms with E-state index in [1.165, 1.54) is 24.3 Å². The smallest absolute Gasteiger partial charge is 0.117 e. The van der Waals surface area contributed by atoms with Gasteiger partial charge in [0.1, 0.15) is 6.67 Å². The van der Waals surface area contributed by atoms with Gasteiger partial charge >= 0.3 is 0 Å². The van der Waals surface area contributed by atoms with E-state index < -0.39 is 12.8 Å². The Morgan fingerprint density at radius 1 is 1.54 bits per heavy atom. The highest BCUT2D eigenvalue weighted by molar-refractivity contribution is 7.99. The zero-order valence-corrected chi connectivity index (χ0v) is 8.89. The Hall–Kier alpha value is 0.200. The van der Waals surface area contributed by atoms with Gasteiger partial charge in [-0.05, 0) is 31.4 Å². The van der Waals surface area contributed by atoms with Gasteiger partial charge < -0.3 is 10.0 Å². The number of halogens is 1. The number of alkyl halides is 1. The van der Waals surface area contributed by atoms with E-state index in [1.54, 1.807) is 0 Å². The number of aliphatic hydroxyl groups excluding tert-OH is 1. The van der Waals surface area contributed by atoms with Crippen molar-refractivity contribution in [3.05, 3.63) is 0 Å². The molecule has 1 heterocycles. The normalized spacial score (nSPS) is 22.2. The maximum absolute atomic E-state index is 12.0. The van der Waals surface area contributed by atoms with Crippen LogP contribution in [0.4, 0.5) is 4.39 Å². The van der Waals surface area contributed by atoms with E-state index in [0.29, 0.717) is 12.6 Å². The van der Waals surface area contributed by atoms with Gasteiger partial charge in [0.2, 0.25) is 0 Å². The van der Waals surface area contributed by atoms with Gasteiger partial charge in [-0.3, -0.25) is 0 Å². The van der Waals surface area contributed by atoms with Crippen LogP contribution in [-0.2, 0) is 0 Å². The van der Waals surface area contributed by atoms with Crippen LogP contribution in [0, 0.1) is 0 Å². The Bertz CT molecular complexity index is 142. The largest absolute Gasteiger partial charge is 0.389 e. The molecule has 1 unspecified atom stereocenters. The highest BCUT2D eigenvalue weighted by Gasteiger charge is 2.19. The standard InChI is InChI=1S/C9H18FNOS/c1-11(7-9(12)6-10)8-2-4-13-5-3-8/h8-9,12H,2-7H2,1H3. The Morgan fingerprint density at radius 2 is 2.15 bits per heavy atom. The van der Waals surface area contributed by atoms with Crippen LogP contribution < -0.4 is 0 Å². The highest BCUT2D eigenvalue weighted by Crippen LogP contribution is 2.20. The van der Waals surface area contributed by atoms with Crippen LogP contribution in [-0.4, -0.2) is 53.9 Å². The van der Waals surface area contributed by atoms with Crippen LogP contribution in [0.3, 0.4) is 0 Å². The minimum atomic E-state index is -0.806. The first-order valence-electron chi connectivity index (χ1n) is 4.76. The molecule has 0 aromatic carbocycles. The molecule has 1 atom stereocenters. The van der Waals surface area contributed by atoms with E-state index in [4.69, 9.17) is 5.11 Å². The zero-order valence-electron chi connectivity index (χ0n) is 8.08. The summed E-state index contributed by atoms with van der Waals surface area (Å²) in [7, 11) is 1.97. The molecule has 0 amide bonds. The molecule has 0 aromatic rings. The minimum absolute atomic E-state index is 0.464. The van der Waals surface area contributed by atoms with Gasteiger partial charge in [0.15, 0.2) is 0 Å². The van der Waals surface area contributed by atoms with E-state index in [1.807, 2.05) is 18.8 Å². The van der Waals surface area contributed by atoms with E-state index in [0.717, 1.165) is 0 Å². The van der Waals surface area contributed by atoms with Crippen molar-refractivity contribution >= 4 is 11.8 Å². The molecule has 0 aliphatic carbocycles. The molecule has 1 N–H and O–H groups in total. The third-order valence-corrected chi connectivity index (χ3v) is 3.54. The Labute approximate surface area is 83.5 Å². The van der Waals surface area contributed by atoms with Crippen LogP contribution in [0.2, 0.25) is 0 Å². The summed E-state index contributed by atoms with van der Waals surface area (Å²) in [6.45, 7) is -0.169. The van der Waals surface area contributed by atoms with Gasteiger partial charge in [-0.2, -0.15) is 11.8 Å². The van der Waals surface area contributed by atoms with Crippen LogP contribution in [0.15, 0.2) is 0 Å². The van der Waals surface area contributed by atoms with Crippen molar-refractivity contribution in [3.63, 3.8) is 0 Å². The number of rotatable bonds is 4. The number of aliphatic hydroxyl groups is 1. The number of likely N-dealkylation sites (N-methyl/N-ethyl adjacent to an activating group) is 1. The lowest BCUT2D eigenvalue weighted by molar-refractivity contribution is 0.0809. The molecule has 2 nitrogen and oxygen atoms in total. The predicted octanol–water partition coefficient (Wildman–Crippen LogP) is 1.14. The van der Waals surface area contributed by atoms with Gasteiger partial charge in [0.05, 0.1) is 6.10 Å². The van der Waals surface area contributed by atoms with Gasteiger partial charge in [0.25, 0.3) is 0 Å². The second-order valence-corrected chi connectivity index (χ2v) is 4.82. The molecule has 13 heavy (non-hydrogen) atoms. The van der Waals surface area contributed by atoms with Gasteiger partial charge in [-0.1, -0.05) is 0 Å². The first-order valence-corrected chi connectivity index (χ1v) is 5.91. The number of hydrogen-bond donors (Lipinski definition) is 1. The van der Waals surface area contributed by atoms with Crippen molar-refractivity contribution in [2.45, 2.75) is 25.0 Å². The fourth-order valence-electron chi connectivity index (χ4n) is 1.66. The lowest BCUT2D eigenvalue weighted by atomic mass is 10.1. The molecular weight excluding hydrogens is 189 g/mol. The summed E-state index contributed by atoms with van der Waals surface area (Å²) in [5, 5.41) is 9.14. The SMILES string of the molecule is CN(CC(O)CF)C1CCSCC1. The monoisotopic (exact) mass is 207 g/mol. The molecule has 1 fully saturated rings. The summed E-state index contributed by atoms with van der Waals surface area (Å²) in [6, 6.07) is 0.544. The van der Waals surface area contributed by atoms with Crippen molar-refractivity contribution in [2.75, 3.05) is 31.8 Å². The predicted molar refractivity (Wildman–Crippen MR) is 55.0 cm³/mol. The van der Waals surface area contributed by atoms with Crippen molar-refractivity contribution in [2.24, 2.45) is 0 Å². The number of nitrogens with zero attached hydrogens (tertiary/aromatic N) is 1. The molecule has 0 radical (unpaired) electrons.